The van der Waals surface area contributed by atoms with Crippen molar-refractivity contribution >= 4 is 7.92 Å². The van der Waals surface area contributed by atoms with E-state index in [2.05, 4.69) is 32.0 Å². The first-order chi connectivity index (χ1) is 8.66. The Bertz CT molecular complexity index is 394. The molecule has 2 heteroatoms. The van der Waals surface area contributed by atoms with Crippen LogP contribution in [0.1, 0.15) is 6.99 Å². The van der Waals surface area contributed by atoms with E-state index in [1.807, 2.05) is 60.7 Å². The summed E-state index contributed by atoms with van der Waals surface area (Å²) in [5.41, 5.74) is 0.826. The molecule has 2 radical (unpaired) electrons. The van der Waals surface area contributed by atoms with Crippen LogP contribution in [0.4, 0.5) is 0 Å². The first-order valence-electron chi connectivity index (χ1n) is 5.82. The Morgan fingerprint density at radius 1 is 0.947 bits per heavy atom. The Balaban J connectivity index is -0.000000218. The topological polar surface area (TPSA) is 0 Å². The zero-order valence-corrected chi connectivity index (χ0v) is 14.1. The smallest absolute Gasteiger partial charge is 0.0461 e. The van der Waals surface area contributed by atoms with Crippen LogP contribution >= 0.6 is 7.92 Å². The van der Waals surface area contributed by atoms with Crippen LogP contribution in [0.25, 0.3) is 0 Å². The molecule has 0 amide bonds. The Labute approximate surface area is 134 Å². The molecule has 0 aromatic heterocycles. The third-order valence-electron chi connectivity index (χ3n) is 1.53. The second kappa shape index (κ2) is 15.2. The second-order valence-corrected chi connectivity index (χ2v) is 7.07. The van der Waals surface area contributed by atoms with Gasteiger partial charge in [0.15, 0.2) is 0 Å². The maximum Gasteiger partial charge on any atom is 0.0461 e. The van der Waals surface area contributed by atoms with Gasteiger partial charge in [0, 0.05) is 47.4 Å². The van der Waals surface area contributed by atoms with E-state index in [0.29, 0.717) is 0 Å². The van der Waals surface area contributed by atoms with Crippen molar-refractivity contribution < 1.29 is 21.8 Å². The van der Waals surface area contributed by atoms with Gasteiger partial charge in [-0.15, -0.1) is 0 Å². The summed E-state index contributed by atoms with van der Waals surface area (Å²) < 4.78 is 0. The van der Waals surface area contributed by atoms with Gasteiger partial charge < -0.3 is 0 Å². The van der Waals surface area contributed by atoms with Gasteiger partial charge in [0.05, 0.1) is 0 Å². The van der Waals surface area contributed by atoms with E-state index in [1.165, 1.54) is 0 Å². The van der Waals surface area contributed by atoms with E-state index in [-0.39, 0.29) is 29.8 Å². The third kappa shape index (κ3) is 17.1. The molecule has 0 saturated carbocycles. The van der Waals surface area contributed by atoms with Gasteiger partial charge >= 0.3 is 0 Å². The van der Waals surface area contributed by atoms with E-state index in [0.717, 1.165) is 5.56 Å². The van der Waals surface area contributed by atoms with Crippen molar-refractivity contribution in [1.29, 1.82) is 0 Å². The summed E-state index contributed by atoms with van der Waals surface area (Å²) in [7, 11) is 0.120. The Morgan fingerprint density at radius 3 is 1.58 bits per heavy atom. The average molecular weight is 364 g/mol. The second-order valence-electron chi connectivity index (χ2n) is 4.07. The summed E-state index contributed by atoms with van der Waals surface area (Å²) in [5.74, 6) is 2.28. The predicted molar refractivity (Wildman–Crippen MR) is 86.2 cm³/mol. The van der Waals surface area contributed by atoms with Crippen LogP contribution in [-0.2, 0) is 20.4 Å². The summed E-state index contributed by atoms with van der Waals surface area (Å²) >= 11 is 0. The van der Waals surface area contributed by atoms with E-state index < -0.39 is 0 Å². The molecule has 104 valence electrons. The SMILES string of the molecule is C[PH+](C)C.[C]#Cc1ccccc1.[HH].[Pd].[c]1ccccc1. The molecule has 0 atom stereocenters. The fourth-order valence-electron chi connectivity index (χ4n) is 0.863. The van der Waals surface area contributed by atoms with Crippen LogP contribution in [0.2, 0.25) is 0 Å². The maximum absolute atomic E-state index is 6.69. The molecule has 0 heterocycles. The van der Waals surface area contributed by atoms with Crippen LogP contribution < -0.4 is 0 Å². The minimum Gasteiger partial charge on any atom is -0.0622 e. The molecule has 0 aliphatic rings. The Hall–Kier alpha value is -0.908. The van der Waals surface area contributed by atoms with Gasteiger partial charge in [-0.25, -0.2) is 0 Å². The summed E-state index contributed by atoms with van der Waals surface area (Å²) in [5, 5.41) is 0. The molecule has 0 spiro atoms. The van der Waals surface area contributed by atoms with Gasteiger partial charge in [0.2, 0.25) is 0 Å². The fraction of sp³-hybridized carbons (Fsp3) is 0.176. The molecule has 2 rings (SSSR count). The van der Waals surface area contributed by atoms with Crippen LogP contribution in [0.5, 0.6) is 0 Å². The molecule has 0 bridgehead atoms. The standard InChI is InChI=1S/C8H5.C6H5.C3H9P.Pd.H2/c1-2-8-6-4-3-5-7-8;1-2-4-6-5-3-1;1-4(2)3;;/h3-7H;1-5H;1-3H3;;1H/p+1. The molecular weight excluding hydrogens is 342 g/mol. The number of benzene rings is 2. The molecule has 0 nitrogen and oxygen atoms in total. The molecule has 0 aliphatic heterocycles. The van der Waals surface area contributed by atoms with Crippen LogP contribution in [0.3, 0.4) is 0 Å². The van der Waals surface area contributed by atoms with E-state index >= 15 is 0 Å². The van der Waals surface area contributed by atoms with Gasteiger partial charge in [-0.3, -0.25) is 0 Å². The molecule has 0 unspecified atom stereocenters. The Morgan fingerprint density at radius 2 is 1.37 bits per heavy atom. The summed E-state index contributed by atoms with van der Waals surface area (Å²) in [6.45, 7) is 6.81. The van der Waals surface area contributed by atoms with Gasteiger partial charge in [-0.05, 0) is 32.5 Å². The van der Waals surface area contributed by atoms with Gasteiger partial charge in [-0.2, -0.15) is 0 Å². The number of hydrogen-bond donors (Lipinski definition) is 0. The molecular formula is C17H22PPd+. The fourth-order valence-corrected chi connectivity index (χ4v) is 0.863. The van der Waals surface area contributed by atoms with Gasteiger partial charge in [0.25, 0.3) is 0 Å². The Kier molecular flexibility index (Phi) is 16.3. The van der Waals surface area contributed by atoms with Crippen molar-refractivity contribution in [1.82, 2.24) is 0 Å². The molecule has 0 N–H and O–H groups in total. The summed E-state index contributed by atoms with van der Waals surface area (Å²) in [6, 6.07) is 21.9. The van der Waals surface area contributed by atoms with Crippen molar-refractivity contribution in [3.63, 3.8) is 0 Å². The first-order valence-corrected chi connectivity index (χ1v) is 8.82. The monoisotopic (exact) mass is 363 g/mol. The van der Waals surface area contributed by atoms with Crippen molar-refractivity contribution in [2.75, 3.05) is 20.0 Å². The quantitative estimate of drug-likeness (QED) is 0.369. The zero-order valence-electron chi connectivity index (χ0n) is 11.6. The minimum absolute atomic E-state index is 0. The number of rotatable bonds is 0. The third-order valence-corrected chi connectivity index (χ3v) is 1.53. The van der Waals surface area contributed by atoms with Gasteiger partial charge in [-0.1, -0.05) is 54.5 Å². The maximum atomic E-state index is 6.69. The van der Waals surface area contributed by atoms with E-state index in [4.69, 9.17) is 6.42 Å². The molecule has 19 heavy (non-hydrogen) atoms. The van der Waals surface area contributed by atoms with Crippen LogP contribution in [0, 0.1) is 18.4 Å². The van der Waals surface area contributed by atoms with E-state index in [9.17, 15) is 0 Å². The molecule has 0 saturated heterocycles. The van der Waals surface area contributed by atoms with E-state index in [1.54, 1.807) is 0 Å². The molecule has 0 aliphatic carbocycles. The average Bonchev–Trinajstić information content (AvgIpc) is 2.42. The zero-order chi connectivity index (χ0) is 13.6. The molecule has 0 fully saturated rings. The van der Waals surface area contributed by atoms with Crippen LogP contribution in [-0.4, -0.2) is 20.0 Å². The molecule has 2 aromatic carbocycles. The van der Waals surface area contributed by atoms with Gasteiger partial charge in [0.1, 0.15) is 0 Å². The normalized spacial score (nSPS) is 7.74. The molecule has 2 aromatic rings. The van der Waals surface area contributed by atoms with Crippen molar-refractivity contribution in [3.05, 3.63) is 78.7 Å². The van der Waals surface area contributed by atoms with Crippen LogP contribution in [0.15, 0.2) is 60.7 Å². The summed E-state index contributed by atoms with van der Waals surface area (Å²) in [4.78, 5) is 0. The minimum atomic E-state index is 0. The largest absolute Gasteiger partial charge is 0.0622 e. The first kappa shape index (κ1) is 20.4. The van der Waals surface area contributed by atoms with Crippen molar-refractivity contribution in [2.24, 2.45) is 0 Å². The predicted octanol–water partition coefficient (Wildman–Crippen LogP) is 4.44. The number of hydrogen-bond acceptors (Lipinski definition) is 0. The van der Waals surface area contributed by atoms with Crippen molar-refractivity contribution in [3.8, 4) is 5.92 Å². The van der Waals surface area contributed by atoms with Crippen molar-refractivity contribution in [2.45, 2.75) is 0 Å². The summed E-state index contributed by atoms with van der Waals surface area (Å²) in [6.07, 6.45) is 6.69.